The maximum absolute atomic E-state index is 12.2. The molecule has 2 aliphatic rings. The van der Waals surface area contributed by atoms with Crippen LogP contribution < -0.4 is 11.1 Å². The summed E-state index contributed by atoms with van der Waals surface area (Å²) in [6.45, 7) is 0. The van der Waals surface area contributed by atoms with E-state index in [0.29, 0.717) is 6.42 Å². The Morgan fingerprint density at radius 1 is 1.30 bits per heavy atom. The summed E-state index contributed by atoms with van der Waals surface area (Å²) in [4.78, 5) is 12.2. The molecule has 20 heavy (non-hydrogen) atoms. The summed E-state index contributed by atoms with van der Waals surface area (Å²) in [6, 6.07) is 7.79. The molecule has 2 aliphatic carbocycles. The summed E-state index contributed by atoms with van der Waals surface area (Å²) in [5, 5.41) is 13.1. The highest BCUT2D eigenvalue weighted by Crippen LogP contribution is 2.32. The molecule has 0 spiro atoms. The fourth-order valence-corrected chi connectivity index (χ4v) is 3.27. The predicted octanol–water partition coefficient (Wildman–Crippen LogP) is 1.31. The second-order valence-electron chi connectivity index (χ2n) is 5.73. The third-order valence-electron chi connectivity index (χ3n) is 4.35. The summed E-state index contributed by atoms with van der Waals surface area (Å²) in [5.41, 5.74) is 8.02. The minimum atomic E-state index is -0.517. The summed E-state index contributed by atoms with van der Waals surface area (Å²) in [5.74, 6) is 0.0451. The van der Waals surface area contributed by atoms with Gasteiger partial charge in [0, 0.05) is 18.4 Å². The molecule has 1 amide bonds. The average Bonchev–Trinajstić information content (AvgIpc) is 2.95. The van der Waals surface area contributed by atoms with E-state index < -0.39 is 6.10 Å². The van der Waals surface area contributed by atoms with E-state index in [0.717, 1.165) is 30.4 Å². The highest BCUT2D eigenvalue weighted by Gasteiger charge is 2.35. The van der Waals surface area contributed by atoms with Gasteiger partial charge in [0.05, 0.1) is 12.1 Å². The molecule has 4 N–H and O–H groups in total. The Hall–Kier alpha value is -1.10. The lowest BCUT2D eigenvalue weighted by Crippen LogP contribution is -2.37. The highest BCUT2D eigenvalue weighted by atomic mass is 35.5. The third kappa shape index (κ3) is 2.82. The number of hydrogen-bond acceptors (Lipinski definition) is 3. The molecule has 0 aromatic heterocycles. The van der Waals surface area contributed by atoms with E-state index in [4.69, 9.17) is 5.73 Å². The lowest BCUT2D eigenvalue weighted by atomic mass is 10.0. The molecule has 1 aromatic rings. The van der Waals surface area contributed by atoms with Crippen LogP contribution in [-0.2, 0) is 11.2 Å². The molecule has 0 bridgehead atoms. The Balaban J connectivity index is 0.00000147. The van der Waals surface area contributed by atoms with Crippen LogP contribution in [0.15, 0.2) is 24.3 Å². The zero-order valence-electron chi connectivity index (χ0n) is 11.3. The van der Waals surface area contributed by atoms with Gasteiger partial charge in [-0.2, -0.15) is 0 Å². The van der Waals surface area contributed by atoms with Gasteiger partial charge in [0.15, 0.2) is 0 Å². The van der Waals surface area contributed by atoms with Crippen LogP contribution >= 0.6 is 12.4 Å². The van der Waals surface area contributed by atoms with Gasteiger partial charge in [0.25, 0.3) is 0 Å². The molecular formula is C15H21ClN2O2. The van der Waals surface area contributed by atoms with E-state index in [1.165, 1.54) is 0 Å². The number of hydrogen-bond donors (Lipinski definition) is 3. The van der Waals surface area contributed by atoms with Crippen LogP contribution in [0.4, 0.5) is 0 Å². The fourth-order valence-electron chi connectivity index (χ4n) is 3.27. The maximum atomic E-state index is 12.2. The summed E-state index contributed by atoms with van der Waals surface area (Å²) >= 11 is 0. The number of benzene rings is 1. The van der Waals surface area contributed by atoms with Crippen molar-refractivity contribution in [1.82, 2.24) is 5.32 Å². The molecule has 0 saturated heterocycles. The second kappa shape index (κ2) is 6.12. The molecule has 1 aromatic carbocycles. The van der Waals surface area contributed by atoms with Crippen molar-refractivity contribution in [2.45, 2.75) is 43.9 Å². The third-order valence-corrected chi connectivity index (χ3v) is 4.35. The van der Waals surface area contributed by atoms with Crippen molar-refractivity contribution >= 4 is 18.3 Å². The largest absolute Gasteiger partial charge is 0.390 e. The minimum absolute atomic E-state index is 0. The van der Waals surface area contributed by atoms with E-state index in [9.17, 15) is 9.90 Å². The van der Waals surface area contributed by atoms with Gasteiger partial charge in [-0.15, -0.1) is 12.4 Å². The number of halogens is 1. The van der Waals surface area contributed by atoms with E-state index in [1.807, 2.05) is 24.3 Å². The molecular weight excluding hydrogens is 276 g/mol. The zero-order valence-corrected chi connectivity index (χ0v) is 12.1. The minimum Gasteiger partial charge on any atom is -0.390 e. The lowest BCUT2D eigenvalue weighted by molar-refractivity contribution is -0.126. The quantitative estimate of drug-likeness (QED) is 0.770. The van der Waals surface area contributed by atoms with Gasteiger partial charge in [0.2, 0.25) is 5.91 Å². The zero-order chi connectivity index (χ0) is 13.4. The fraction of sp³-hybridized carbons (Fsp3) is 0.533. The van der Waals surface area contributed by atoms with Crippen LogP contribution in [0.5, 0.6) is 0 Å². The number of nitrogens with one attached hydrogen (secondary N) is 1. The van der Waals surface area contributed by atoms with Gasteiger partial charge < -0.3 is 16.2 Å². The van der Waals surface area contributed by atoms with Gasteiger partial charge in [-0.3, -0.25) is 4.79 Å². The van der Waals surface area contributed by atoms with Gasteiger partial charge in [-0.05, 0) is 30.4 Å². The number of amides is 1. The number of aliphatic hydroxyl groups is 1. The molecule has 1 saturated carbocycles. The molecule has 0 radical (unpaired) electrons. The summed E-state index contributed by atoms with van der Waals surface area (Å²) in [6.07, 6.45) is 2.64. The monoisotopic (exact) mass is 296 g/mol. The van der Waals surface area contributed by atoms with Crippen molar-refractivity contribution in [2.75, 3.05) is 0 Å². The molecule has 2 unspecified atom stereocenters. The van der Waals surface area contributed by atoms with Crippen LogP contribution in [-0.4, -0.2) is 23.2 Å². The van der Waals surface area contributed by atoms with Gasteiger partial charge in [-0.1, -0.05) is 24.3 Å². The van der Waals surface area contributed by atoms with E-state index in [-0.39, 0.29) is 36.3 Å². The molecule has 1 fully saturated rings. The standard InChI is InChI=1S/C15H20N2O2.ClH/c16-11-6-5-10(7-11)15(19)17-14-12-4-2-1-3-9(12)8-13(14)18;/h1-4,10-11,13-14,18H,5-8,16H2,(H,17,19);1H/t10?,11?,13-,14+;/m0./s1. The first kappa shape index (κ1) is 15.3. The van der Waals surface area contributed by atoms with Crippen LogP contribution in [0.2, 0.25) is 0 Å². The summed E-state index contributed by atoms with van der Waals surface area (Å²) < 4.78 is 0. The molecule has 4 atom stereocenters. The Labute approximate surface area is 125 Å². The Bertz CT molecular complexity index is 495. The second-order valence-corrected chi connectivity index (χ2v) is 5.73. The SMILES string of the molecule is Cl.NC1CCC(C(=O)N[C@@H]2c3ccccc3C[C@@H]2O)C1. The number of aliphatic hydroxyl groups excluding tert-OH is 1. The molecule has 0 heterocycles. The molecule has 3 rings (SSSR count). The number of nitrogens with two attached hydrogens (primary N) is 1. The van der Waals surface area contributed by atoms with Gasteiger partial charge in [0.1, 0.15) is 0 Å². The Kier molecular flexibility index (Phi) is 4.68. The molecule has 0 aliphatic heterocycles. The number of rotatable bonds is 2. The lowest BCUT2D eigenvalue weighted by Gasteiger charge is -2.20. The predicted molar refractivity (Wildman–Crippen MR) is 79.6 cm³/mol. The molecule has 5 heteroatoms. The van der Waals surface area contributed by atoms with Crippen LogP contribution in [0, 0.1) is 5.92 Å². The van der Waals surface area contributed by atoms with Crippen LogP contribution in [0.1, 0.15) is 36.4 Å². The van der Waals surface area contributed by atoms with E-state index in [2.05, 4.69) is 5.32 Å². The normalized spacial score (nSPS) is 31.5. The van der Waals surface area contributed by atoms with Crippen molar-refractivity contribution in [3.05, 3.63) is 35.4 Å². The molecule has 110 valence electrons. The number of fused-ring (bicyclic) bond motifs is 1. The van der Waals surface area contributed by atoms with E-state index >= 15 is 0 Å². The number of carbonyl (C=O) groups is 1. The smallest absolute Gasteiger partial charge is 0.223 e. The van der Waals surface area contributed by atoms with Gasteiger partial charge in [-0.25, -0.2) is 0 Å². The Morgan fingerprint density at radius 2 is 2.05 bits per heavy atom. The van der Waals surface area contributed by atoms with Gasteiger partial charge >= 0.3 is 0 Å². The highest BCUT2D eigenvalue weighted by molar-refractivity contribution is 5.85. The number of carbonyl (C=O) groups excluding carboxylic acids is 1. The first-order valence-corrected chi connectivity index (χ1v) is 6.97. The molecule has 4 nitrogen and oxygen atoms in total. The Morgan fingerprint density at radius 3 is 2.75 bits per heavy atom. The van der Waals surface area contributed by atoms with Crippen molar-refractivity contribution in [1.29, 1.82) is 0 Å². The first-order chi connectivity index (χ1) is 9.15. The van der Waals surface area contributed by atoms with Crippen molar-refractivity contribution in [3.63, 3.8) is 0 Å². The van der Waals surface area contributed by atoms with Crippen molar-refractivity contribution < 1.29 is 9.90 Å². The maximum Gasteiger partial charge on any atom is 0.223 e. The average molecular weight is 297 g/mol. The summed E-state index contributed by atoms with van der Waals surface area (Å²) in [7, 11) is 0. The topological polar surface area (TPSA) is 75.4 Å². The van der Waals surface area contributed by atoms with E-state index in [1.54, 1.807) is 0 Å². The van der Waals surface area contributed by atoms with Crippen LogP contribution in [0.3, 0.4) is 0 Å². The first-order valence-electron chi connectivity index (χ1n) is 6.97. The van der Waals surface area contributed by atoms with Crippen molar-refractivity contribution in [3.8, 4) is 0 Å². The van der Waals surface area contributed by atoms with Crippen LogP contribution in [0.25, 0.3) is 0 Å². The van der Waals surface area contributed by atoms with Crippen molar-refractivity contribution in [2.24, 2.45) is 11.7 Å².